The molecule has 11 heavy (non-hydrogen) atoms. The summed E-state index contributed by atoms with van der Waals surface area (Å²) in [5.41, 5.74) is 0.921. The van der Waals surface area contributed by atoms with E-state index in [1.54, 1.807) is 23.3 Å². The van der Waals surface area contributed by atoms with E-state index in [9.17, 15) is 0 Å². The van der Waals surface area contributed by atoms with Crippen molar-refractivity contribution in [1.82, 2.24) is 20.0 Å². The second-order valence-electron chi connectivity index (χ2n) is 2.05. The zero-order chi connectivity index (χ0) is 7.52. The molecule has 2 aromatic heterocycles. The Labute approximate surface area is 63.5 Å². The summed E-state index contributed by atoms with van der Waals surface area (Å²) in [6.07, 6.45) is 6.88. The van der Waals surface area contributed by atoms with E-state index in [4.69, 9.17) is 0 Å². The van der Waals surface area contributed by atoms with E-state index in [-0.39, 0.29) is 0 Å². The highest BCUT2D eigenvalue weighted by atomic mass is 15.3. The zero-order valence-corrected chi connectivity index (χ0v) is 5.75. The molecule has 0 aliphatic heterocycles. The summed E-state index contributed by atoms with van der Waals surface area (Å²) in [5.74, 6) is 0. The molecule has 0 atom stereocenters. The van der Waals surface area contributed by atoms with Gasteiger partial charge in [0, 0.05) is 12.4 Å². The minimum Gasteiger partial charge on any atom is -0.239 e. The second kappa shape index (κ2) is 2.49. The van der Waals surface area contributed by atoms with Crippen LogP contribution < -0.4 is 0 Å². The first kappa shape index (κ1) is 6.03. The second-order valence-corrected chi connectivity index (χ2v) is 2.05. The highest BCUT2D eigenvalue weighted by Crippen LogP contribution is 1.99. The molecule has 0 aromatic carbocycles. The monoisotopic (exact) mass is 146 g/mol. The maximum atomic E-state index is 4.04. The van der Waals surface area contributed by atoms with Gasteiger partial charge in [0.1, 0.15) is 0 Å². The normalized spacial score (nSPS) is 9.82. The van der Waals surface area contributed by atoms with Gasteiger partial charge in [-0.1, -0.05) is 0 Å². The van der Waals surface area contributed by atoms with Gasteiger partial charge in [0.2, 0.25) is 0 Å². The molecule has 0 N–H and O–H groups in total. The van der Waals surface area contributed by atoms with Crippen LogP contribution in [0.5, 0.6) is 0 Å². The van der Waals surface area contributed by atoms with Gasteiger partial charge in [0.25, 0.3) is 0 Å². The van der Waals surface area contributed by atoms with Crippen LogP contribution in [0.15, 0.2) is 36.9 Å². The Morgan fingerprint density at radius 2 is 2.18 bits per heavy atom. The van der Waals surface area contributed by atoms with Gasteiger partial charge in [-0.2, -0.15) is 15.3 Å². The van der Waals surface area contributed by atoms with Crippen LogP contribution in [-0.4, -0.2) is 20.0 Å². The average Bonchev–Trinajstić information content (AvgIpc) is 2.58. The van der Waals surface area contributed by atoms with Crippen LogP contribution in [0.4, 0.5) is 0 Å². The number of rotatable bonds is 1. The summed E-state index contributed by atoms with van der Waals surface area (Å²) in [7, 11) is 0. The fourth-order valence-electron chi connectivity index (χ4n) is 0.841. The molecule has 2 heterocycles. The molecule has 0 fully saturated rings. The Bertz CT molecular complexity index is 313. The summed E-state index contributed by atoms with van der Waals surface area (Å²) in [6.45, 7) is 0. The molecule has 2 aromatic rings. The zero-order valence-electron chi connectivity index (χ0n) is 5.75. The van der Waals surface area contributed by atoms with E-state index in [1.165, 1.54) is 0 Å². The van der Waals surface area contributed by atoms with E-state index in [1.807, 2.05) is 18.3 Å². The lowest BCUT2D eigenvalue weighted by atomic mass is 10.5. The molecular formula is C7H6N4. The Balaban J connectivity index is 2.46. The van der Waals surface area contributed by atoms with Crippen LogP contribution >= 0.6 is 0 Å². The van der Waals surface area contributed by atoms with Crippen molar-refractivity contribution in [3.63, 3.8) is 0 Å². The van der Waals surface area contributed by atoms with Crippen molar-refractivity contribution in [2.24, 2.45) is 0 Å². The smallest absolute Gasteiger partial charge is 0.0862 e. The number of nitrogens with zero attached hydrogens (tertiary/aromatic N) is 4. The van der Waals surface area contributed by atoms with Crippen molar-refractivity contribution >= 4 is 0 Å². The van der Waals surface area contributed by atoms with Crippen LogP contribution in [0.1, 0.15) is 0 Å². The van der Waals surface area contributed by atoms with E-state index < -0.39 is 0 Å². The topological polar surface area (TPSA) is 43.6 Å². The van der Waals surface area contributed by atoms with Crippen molar-refractivity contribution < 1.29 is 0 Å². The largest absolute Gasteiger partial charge is 0.239 e. The molecule has 0 saturated heterocycles. The summed E-state index contributed by atoms with van der Waals surface area (Å²) < 4.78 is 1.73. The highest BCUT2D eigenvalue weighted by molar-refractivity contribution is 5.23. The number of hydrogen-bond donors (Lipinski definition) is 0. The first-order valence-electron chi connectivity index (χ1n) is 3.23. The summed E-state index contributed by atoms with van der Waals surface area (Å²) >= 11 is 0. The van der Waals surface area contributed by atoms with Crippen LogP contribution in [-0.2, 0) is 0 Å². The minimum atomic E-state index is 0.921. The van der Waals surface area contributed by atoms with Gasteiger partial charge in [-0.3, -0.25) is 0 Å². The number of aromatic nitrogens is 4. The maximum absolute atomic E-state index is 4.04. The fraction of sp³-hybridized carbons (Fsp3) is 0. The van der Waals surface area contributed by atoms with E-state index >= 15 is 0 Å². The molecule has 0 unspecified atom stereocenters. The summed E-state index contributed by atoms with van der Waals surface area (Å²) in [6, 6.07) is 3.71. The SMILES string of the molecule is c1cnn(-c2ccnnc2)c1. The van der Waals surface area contributed by atoms with Crippen molar-refractivity contribution in [3.8, 4) is 5.69 Å². The maximum Gasteiger partial charge on any atom is 0.0862 e. The quantitative estimate of drug-likeness (QED) is 0.593. The van der Waals surface area contributed by atoms with Crippen LogP contribution in [0.2, 0.25) is 0 Å². The predicted molar refractivity (Wildman–Crippen MR) is 39.2 cm³/mol. The van der Waals surface area contributed by atoms with Crippen molar-refractivity contribution in [1.29, 1.82) is 0 Å². The molecule has 0 radical (unpaired) electrons. The third-order valence-electron chi connectivity index (χ3n) is 1.34. The number of hydrogen-bond acceptors (Lipinski definition) is 3. The molecule has 0 spiro atoms. The van der Waals surface area contributed by atoms with E-state index in [0.717, 1.165) is 5.69 Å². The fourth-order valence-corrected chi connectivity index (χ4v) is 0.841. The minimum absolute atomic E-state index is 0.921. The van der Waals surface area contributed by atoms with Gasteiger partial charge in [-0.05, 0) is 12.1 Å². The lowest BCUT2D eigenvalue weighted by molar-refractivity contribution is 0.859. The van der Waals surface area contributed by atoms with Crippen LogP contribution in [0.25, 0.3) is 5.69 Å². The average molecular weight is 146 g/mol. The predicted octanol–water partition coefficient (Wildman–Crippen LogP) is 0.662. The molecule has 54 valence electrons. The Morgan fingerprint density at radius 1 is 1.18 bits per heavy atom. The lowest BCUT2D eigenvalue weighted by Gasteiger charge is -1.96. The molecule has 4 heteroatoms. The molecule has 0 bridgehead atoms. The van der Waals surface area contributed by atoms with Crippen molar-refractivity contribution in [3.05, 3.63) is 36.9 Å². The summed E-state index contributed by atoms with van der Waals surface area (Å²) in [4.78, 5) is 0. The molecular weight excluding hydrogens is 140 g/mol. The molecule has 0 aliphatic carbocycles. The van der Waals surface area contributed by atoms with Gasteiger partial charge in [-0.25, -0.2) is 4.68 Å². The van der Waals surface area contributed by atoms with Gasteiger partial charge in [0.05, 0.1) is 18.1 Å². The molecule has 4 nitrogen and oxygen atoms in total. The first-order chi connectivity index (χ1) is 5.47. The molecule has 0 aliphatic rings. The third-order valence-corrected chi connectivity index (χ3v) is 1.34. The van der Waals surface area contributed by atoms with Crippen molar-refractivity contribution in [2.45, 2.75) is 0 Å². The van der Waals surface area contributed by atoms with Gasteiger partial charge in [-0.15, -0.1) is 0 Å². The Hall–Kier alpha value is -1.71. The van der Waals surface area contributed by atoms with E-state index in [2.05, 4.69) is 15.3 Å². The van der Waals surface area contributed by atoms with Gasteiger partial charge in [0.15, 0.2) is 0 Å². The van der Waals surface area contributed by atoms with E-state index in [0.29, 0.717) is 0 Å². The molecule has 0 saturated carbocycles. The lowest BCUT2D eigenvalue weighted by Crippen LogP contribution is -1.94. The standard InChI is InChI=1S/C7H6N4/c1-3-10-11(5-1)7-2-4-8-9-6-7/h1-6H. The van der Waals surface area contributed by atoms with Crippen LogP contribution in [0.3, 0.4) is 0 Å². The Morgan fingerprint density at radius 3 is 2.82 bits per heavy atom. The third kappa shape index (κ3) is 1.10. The van der Waals surface area contributed by atoms with Crippen LogP contribution in [0, 0.1) is 0 Å². The summed E-state index contributed by atoms with van der Waals surface area (Å²) in [5, 5.41) is 11.4. The van der Waals surface area contributed by atoms with Crippen molar-refractivity contribution in [2.75, 3.05) is 0 Å². The Kier molecular flexibility index (Phi) is 1.37. The van der Waals surface area contributed by atoms with Gasteiger partial charge >= 0.3 is 0 Å². The highest BCUT2D eigenvalue weighted by Gasteiger charge is 1.92. The first-order valence-corrected chi connectivity index (χ1v) is 3.23. The van der Waals surface area contributed by atoms with Gasteiger partial charge < -0.3 is 0 Å². The molecule has 2 rings (SSSR count). The molecule has 0 amide bonds.